The van der Waals surface area contributed by atoms with E-state index in [1.807, 2.05) is 12.1 Å². The first-order valence-corrected chi connectivity index (χ1v) is 9.20. The van der Waals surface area contributed by atoms with Gasteiger partial charge < -0.3 is 10.1 Å². The molecule has 0 aliphatic rings. The zero-order chi connectivity index (χ0) is 18.3. The lowest BCUT2D eigenvalue weighted by atomic mass is 10.2. The Bertz CT molecular complexity index is 792. The van der Waals surface area contributed by atoms with Crippen LogP contribution in [0.25, 0.3) is 0 Å². The molecule has 1 atom stereocenters. The Morgan fingerprint density at radius 1 is 1.20 bits per heavy atom. The number of carbonyl (C=O) groups is 1. The van der Waals surface area contributed by atoms with Gasteiger partial charge in [-0.1, -0.05) is 6.07 Å². The Morgan fingerprint density at radius 2 is 1.92 bits per heavy atom. The number of rotatable bonds is 8. The molecule has 0 unspecified atom stereocenters. The highest BCUT2D eigenvalue weighted by atomic mass is 32.2. The lowest BCUT2D eigenvalue weighted by molar-refractivity contribution is 0.0950. The topological polar surface area (TPSA) is 97.4 Å². The summed E-state index contributed by atoms with van der Waals surface area (Å²) >= 11 is 0. The second-order valence-corrected chi connectivity index (χ2v) is 7.22. The standard InChI is InChI=1S/C17H21N3O4S/c1-13(12-24-2)20-25(22,23)16-8-6-14(7-9-16)17(21)19-11-15-5-3-4-10-18-15/h3-10,13,20H,11-12H2,1-2H3,(H,19,21)/t13-/m1/s1. The van der Waals surface area contributed by atoms with E-state index in [2.05, 4.69) is 15.0 Å². The Hall–Kier alpha value is -2.29. The molecule has 1 amide bonds. The van der Waals surface area contributed by atoms with E-state index in [4.69, 9.17) is 4.74 Å². The Labute approximate surface area is 147 Å². The first kappa shape index (κ1) is 19.0. The van der Waals surface area contributed by atoms with Crippen LogP contribution in [-0.4, -0.2) is 39.1 Å². The van der Waals surface area contributed by atoms with E-state index >= 15 is 0 Å². The van der Waals surface area contributed by atoms with Crippen molar-refractivity contribution in [2.45, 2.75) is 24.4 Å². The summed E-state index contributed by atoms with van der Waals surface area (Å²) < 4.78 is 31.9. The van der Waals surface area contributed by atoms with Crippen molar-refractivity contribution in [2.24, 2.45) is 0 Å². The summed E-state index contributed by atoms with van der Waals surface area (Å²) in [6.45, 7) is 2.28. The number of benzene rings is 1. The molecule has 0 radical (unpaired) electrons. The third kappa shape index (κ3) is 5.63. The molecule has 7 nitrogen and oxygen atoms in total. The van der Waals surface area contributed by atoms with Gasteiger partial charge in [-0.2, -0.15) is 0 Å². The summed E-state index contributed by atoms with van der Waals surface area (Å²) in [6.07, 6.45) is 1.65. The quantitative estimate of drug-likeness (QED) is 0.737. The van der Waals surface area contributed by atoms with Crippen molar-refractivity contribution in [1.29, 1.82) is 0 Å². The van der Waals surface area contributed by atoms with Crippen LogP contribution in [0.2, 0.25) is 0 Å². The van der Waals surface area contributed by atoms with Crippen molar-refractivity contribution in [3.05, 3.63) is 59.9 Å². The van der Waals surface area contributed by atoms with Gasteiger partial charge in [-0.05, 0) is 43.3 Å². The third-order valence-electron chi connectivity index (χ3n) is 3.36. The third-order valence-corrected chi connectivity index (χ3v) is 4.96. The average molecular weight is 363 g/mol. The molecule has 1 aromatic carbocycles. The summed E-state index contributed by atoms with van der Waals surface area (Å²) in [5.74, 6) is -0.296. The Morgan fingerprint density at radius 3 is 2.52 bits per heavy atom. The number of nitrogens with zero attached hydrogens (tertiary/aromatic N) is 1. The van der Waals surface area contributed by atoms with Gasteiger partial charge in [-0.25, -0.2) is 13.1 Å². The van der Waals surface area contributed by atoms with Crippen molar-refractivity contribution in [3.8, 4) is 0 Å². The number of aromatic nitrogens is 1. The van der Waals surface area contributed by atoms with Crippen molar-refractivity contribution >= 4 is 15.9 Å². The maximum absolute atomic E-state index is 12.2. The predicted octanol–water partition coefficient (Wildman–Crippen LogP) is 1.32. The van der Waals surface area contributed by atoms with Crippen LogP contribution in [0.3, 0.4) is 0 Å². The highest BCUT2D eigenvalue weighted by molar-refractivity contribution is 7.89. The van der Waals surface area contributed by atoms with Gasteiger partial charge in [-0.3, -0.25) is 9.78 Å². The number of carbonyl (C=O) groups excluding carboxylic acids is 1. The number of sulfonamides is 1. The number of pyridine rings is 1. The number of amides is 1. The molecule has 0 saturated carbocycles. The monoisotopic (exact) mass is 363 g/mol. The molecule has 1 heterocycles. The van der Waals surface area contributed by atoms with Crippen LogP contribution in [0, 0.1) is 0 Å². The van der Waals surface area contributed by atoms with Gasteiger partial charge >= 0.3 is 0 Å². The van der Waals surface area contributed by atoms with Gasteiger partial charge in [0.1, 0.15) is 0 Å². The zero-order valence-electron chi connectivity index (χ0n) is 14.1. The second-order valence-electron chi connectivity index (χ2n) is 5.51. The lowest BCUT2D eigenvalue weighted by Crippen LogP contribution is -2.35. The lowest BCUT2D eigenvalue weighted by Gasteiger charge is -2.13. The summed E-state index contributed by atoms with van der Waals surface area (Å²) in [4.78, 5) is 16.3. The fraction of sp³-hybridized carbons (Fsp3) is 0.294. The zero-order valence-corrected chi connectivity index (χ0v) is 14.9. The molecular weight excluding hydrogens is 342 g/mol. The normalized spacial score (nSPS) is 12.6. The summed E-state index contributed by atoms with van der Waals surface area (Å²) in [5.41, 5.74) is 1.12. The van der Waals surface area contributed by atoms with E-state index < -0.39 is 10.0 Å². The van der Waals surface area contributed by atoms with Gasteiger partial charge in [-0.15, -0.1) is 0 Å². The van der Waals surface area contributed by atoms with Crippen molar-refractivity contribution in [2.75, 3.05) is 13.7 Å². The molecule has 2 N–H and O–H groups in total. The number of hydrogen-bond acceptors (Lipinski definition) is 5. The molecular formula is C17H21N3O4S. The largest absolute Gasteiger partial charge is 0.383 e. The summed E-state index contributed by atoms with van der Waals surface area (Å²) in [5, 5.41) is 2.74. The van der Waals surface area contributed by atoms with Crippen LogP contribution < -0.4 is 10.0 Å². The number of nitrogens with one attached hydrogen (secondary N) is 2. The van der Waals surface area contributed by atoms with Crippen LogP contribution in [0.15, 0.2) is 53.6 Å². The molecule has 0 saturated heterocycles. The van der Waals surface area contributed by atoms with Gasteiger partial charge in [0, 0.05) is 24.9 Å². The van der Waals surface area contributed by atoms with Gasteiger partial charge in [0.25, 0.3) is 5.91 Å². The van der Waals surface area contributed by atoms with Gasteiger partial charge in [0.05, 0.1) is 23.7 Å². The molecule has 0 bridgehead atoms. The molecule has 134 valence electrons. The van der Waals surface area contributed by atoms with E-state index in [0.717, 1.165) is 5.69 Å². The van der Waals surface area contributed by atoms with Crippen LogP contribution in [0.1, 0.15) is 23.0 Å². The maximum Gasteiger partial charge on any atom is 0.251 e. The molecule has 2 aromatic rings. The number of methoxy groups -OCH3 is 1. The summed E-state index contributed by atoms with van der Waals surface area (Å²) in [6, 6.07) is 10.8. The van der Waals surface area contributed by atoms with Gasteiger partial charge in [0.15, 0.2) is 0 Å². The second kappa shape index (κ2) is 8.70. The number of ether oxygens (including phenoxy) is 1. The smallest absolute Gasteiger partial charge is 0.251 e. The maximum atomic E-state index is 12.2. The van der Waals surface area contributed by atoms with Crippen LogP contribution >= 0.6 is 0 Å². The van der Waals surface area contributed by atoms with E-state index in [1.165, 1.54) is 31.4 Å². The molecule has 0 spiro atoms. The van der Waals surface area contributed by atoms with E-state index in [0.29, 0.717) is 12.1 Å². The van der Waals surface area contributed by atoms with E-state index in [-0.39, 0.29) is 23.5 Å². The fourth-order valence-corrected chi connectivity index (χ4v) is 3.41. The molecule has 0 aliphatic heterocycles. The summed E-state index contributed by atoms with van der Waals surface area (Å²) in [7, 11) is -2.15. The minimum atomic E-state index is -3.65. The molecule has 0 fully saturated rings. The minimum Gasteiger partial charge on any atom is -0.383 e. The van der Waals surface area contributed by atoms with Crippen molar-refractivity contribution < 1.29 is 17.9 Å². The molecule has 0 aliphatic carbocycles. The van der Waals surface area contributed by atoms with E-state index in [9.17, 15) is 13.2 Å². The molecule has 1 aromatic heterocycles. The van der Waals surface area contributed by atoms with E-state index in [1.54, 1.807) is 19.2 Å². The first-order valence-electron chi connectivity index (χ1n) is 7.72. The minimum absolute atomic E-state index is 0.0942. The van der Waals surface area contributed by atoms with Crippen LogP contribution in [0.4, 0.5) is 0 Å². The Balaban J connectivity index is 2.00. The van der Waals surface area contributed by atoms with Crippen molar-refractivity contribution in [3.63, 3.8) is 0 Å². The van der Waals surface area contributed by atoms with Crippen LogP contribution in [0.5, 0.6) is 0 Å². The first-order chi connectivity index (χ1) is 11.9. The fourth-order valence-electron chi connectivity index (χ4n) is 2.18. The van der Waals surface area contributed by atoms with Crippen LogP contribution in [-0.2, 0) is 21.3 Å². The highest BCUT2D eigenvalue weighted by Crippen LogP contribution is 2.11. The van der Waals surface area contributed by atoms with Crippen molar-refractivity contribution in [1.82, 2.24) is 15.0 Å². The average Bonchev–Trinajstić information content (AvgIpc) is 2.60. The SMILES string of the molecule is COC[C@@H](C)NS(=O)(=O)c1ccc(C(=O)NCc2ccccn2)cc1. The predicted molar refractivity (Wildman–Crippen MR) is 93.5 cm³/mol. The molecule has 8 heteroatoms. The highest BCUT2D eigenvalue weighted by Gasteiger charge is 2.17. The van der Waals surface area contributed by atoms with Gasteiger partial charge in [0.2, 0.25) is 10.0 Å². The number of hydrogen-bond donors (Lipinski definition) is 2. The molecule has 25 heavy (non-hydrogen) atoms. The Kier molecular flexibility index (Phi) is 6.63. The molecule has 2 rings (SSSR count).